The number of nitrogen functional groups attached to an aromatic ring is 1. The number of pyridine rings is 1. The van der Waals surface area contributed by atoms with Crippen LogP contribution in [0, 0.1) is 0 Å². The number of hydrogen-bond donors (Lipinski definition) is 1. The predicted octanol–water partition coefficient (Wildman–Crippen LogP) is 3.23. The van der Waals surface area contributed by atoms with Gasteiger partial charge in [-0.3, -0.25) is 9.69 Å². The van der Waals surface area contributed by atoms with Crippen LogP contribution in [-0.4, -0.2) is 61.1 Å². The topological polar surface area (TPSA) is 80.9 Å². The lowest BCUT2D eigenvalue weighted by molar-refractivity contribution is 0.0625. The molecule has 0 aliphatic carbocycles. The Morgan fingerprint density at radius 3 is 2.45 bits per heavy atom. The van der Waals surface area contributed by atoms with Crippen LogP contribution in [0.2, 0.25) is 0 Å². The molecule has 1 aliphatic heterocycles. The molecular formula is C26H30N4O3. The summed E-state index contributed by atoms with van der Waals surface area (Å²) in [4.78, 5) is 21.6. The zero-order valence-electron chi connectivity index (χ0n) is 19.2. The molecule has 1 saturated heterocycles. The number of anilines is 1. The maximum atomic E-state index is 13.1. The molecule has 0 saturated carbocycles. The third-order valence-electron chi connectivity index (χ3n) is 6.10. The van der Waals surface area contributed by atoms with Crippen molar-refractivity contribution in [3.05, 3.63) is 83.0 Å². The van der Waals surface area contributed by atoms with Crippen LogP contribution in [0.4, 0.5) is 5.82 Å². The fourth-order valence-electron chi connectivity index (χ4n) is 4.19. The first-order chi connectivity index (χ1) is 16.1. The lowest BCUT2D eigenvalue weighted by Crippen LogP contribution is -2.48. The molecule has 2 heterocycles. The third kappa shape index (κ3) is 5.26. The summed E-state index contributed by atoms with van der Waals surface area (Å²) in [5, 5.41) is 0. The first kappa shape index (κ1) is 22.6. The number of benzene rings is 2. The van der Waals surface area contributed by atoms with Crippen molar-refractivity contribution in [1.82, 2.24) is 14.8 Å². The number of nitrogens with zero attached hydrogens (tertiary/aromatic N) is 3. The van der Waals surface area contributed by atoms with Crippen LogP contribution < -0.4 is 15.2 Å². The summed E-state index contributed by atoms with van der Waals surface area (Å²) >= 11 is 0. The van der Waals surface area contributed by atoms with E-state index in [1.807, 2.05) is 23.1 Å². The molecule has 1 amide bonds. The van der Waals surface area contributed by atoms with Gasteiger partial charge in [0.1, 0.15) is 17.3 Å². The van der Waals surface area contributed by atoms with E-state index in [2.05, 4.69) is 28.1 Å². The Kier molecular flexibility index (Phi) is 7.10. The van der Waals surface area contributed by atoms with Crippen LogP contribution in [0.5, 0.6) is 11.5 Å². The summed E-state index contributed by atoms with van der Waals surface area (Å²) in [6.07, 6.45) is 2.59. The van der Waals surface area contributed by atoms with Gasteiger partial charge in [0, 0.05) is 50.6 Å². The number of hydrogen-bond acceptors (Lipinski definition) is 6. The van der Waals surface area contributed by atoms with Crippen LogP contribution in [0.25, 0.3) is 0 Å². The van der Waals surface area contributed by atoms with Crippen molar-refractivity contribution in [2.45, 2.75) is 13.0 Å². The van der Waals surface area contributed by atoms with Crippen molar-refractivity contribution in [2.24, 2.45) is 0 Å². The normalized spacial score (nSPS) is 14.2. The number of methoxy groups -OCH3 is 2. The molecule has 33 heavy (non-hydrogen) atoms. The minimum Gasteiger partial charge on any atom is -0.497 e. The maximum absolute atomic E-state index is 13.1. The zero-order chi connectivity index (χ0) is 23.2. The first-order valence-corrected chi connectivity index (χ1v) is 11.1. The van der Waals surface area contributed by atoms with Gasteiger partial charge in [-0.25, -0.2) is 4.98 Å². The number of rotatable bonds is 7. The minimum absolute atomic E-state index is 0.0280. The van der Waals surface area contributed by atoms with Gasteiger partial charge in [-0.15, -0.1) is 0 Å². The van der Waals surface area contributed by atoms with E-state index in [4.69, 9.17) is 15.2 Å². The van der Waals surface area contributed by atoms with Gasteiger partial charge in [0.2, 0.25) is 0 Å². The van der Waals surface area contributed by atoms with E-state index in [1.165, 1.54) is 11.1 Å². The molecule has 172 valence electrons. The standard InChI is InChI=1S/C26H30N4O3/c1-32-21-8-9-22(24(17-21)33-2)26(31)30-14-12-29(13-15-30)18-23-20(10-11-28-25(23)27)16-19-6-4-3-5-7-19/h3-11,17H,12-16,18H2,1-2H3,(H2,27,28). The fraction of sp³-hybridized carbons (Fsp3) is 0.308. The Labute approximate surface area is 194 Å². The van der Waals surface area contributed by atoms with Gasteiger partial charge >= 0.3 is 0 Å². The summed E-state index contributed by atoms with van der Waals surface area (Å²) in [7, 11) is 3.16. The van der Waals surface area contributed by atoms with Gasteiger partial charge < -0.3 is 20.1 Å². The first-order valence-electron chi connectivity index (χ1n) is 11.1. The molecule has 0 atom stereocenters. The Balaban J connectivity index is 1.42. The lowest BCUT2D eigenvalue weighted by Gasteiger charge is -2.35. The zero-order valence-corrected chi connectivity index (χ0v) is 19.2. The monoisotopic (exact) mass is 446 g/mol. The number of piperazine rings is 1. The van der Waals surface area contributed by atoms with Crippen molar-refractivity contribution >= 4 is 11.7 Å². The number of aromatic nitrogens is 1. The molecule has 2 N–H and O–H groups in total. The summed E-state index contributed by atoms with van der Waals surface area (Å²) in [6.45, 7) is 3.53. The van der Waals surface area contributed by atoms with E-state index < -0.39 is 0 Å². The summed E-state index contributed by atoms with van der Waals surface area (Å²) in [5.74, 6) is 1.73. The van der Waals surface area contributed by atoms with Gasteiger partial charge in [0.25, 0.3) is 5.91 Å². The molecule has 4 rings (SSSR count). The van der Waals surface area contributed by atoms with Crippen molar-refractivity contribution < 1.29 is 14.3 Å². The van der Waals surface area contributed by atoms with E-state index in [9.17, 15) is 4.79 Å². The van der Waals surface area contributed by atoms with E-state index in [0.717, 1.165) is 31.6 Å². The Hall–Kier alpha value is -3.58. The lowest BCUT2D eigenvalue weighted by atomic mass is 10.0. The van der Waals surface area contributed by atoms with E-state index >= 15 is 0 Å². The van der Waals surface area contributed by atoms with Gasteiger partial charge in [0.15, 0.2) is 0 Å². The van der Waals surface area contributed by atoms with Crippen LogP contribution >= 0.6 is 0 Å². The highest BCUT2D eigenvalue weighted by Gasteiger charge is 2.25. The average Bonchev–Trinajstić information content (AvgIpc) is 2.86. The van der Waals surface area contributed by atoms with Crippen LogP contribution in [0.3, 0.4) is 0 Å². The van der Waals surface area contributed by atoms with Crippen LogP contribution in [-0.2, 0) is 13.0 Å². The molecule has 2 aromatic carbocycles. The molecule has 1 aromatic heterocycles. The number of carbonyl (C=O) groups excluding carboxylic acids is 1. The van der Waals surface area contributed by atoms with Crippen molar-refractivity contribution in [3.63, 3.8) is 0 Å². The summed E-state index contributed by atoms with van der Waals surface area (Å²) < 4.78 is 10.7. The predicted molar refractivity (Wildman–Crippen MR) is 129 cm³/mol. The Morgan fingerprint density at radius 2 is 1.76 bits per heavy atom. The third-order valence-corrected chi connectivity index (χ3v) is 6.10. The molecule has 1 aliphatic rings. The van der Waals surface area contributed by atoms with Gasteiger partial charge in [-0.05, 0) is 35.7 Å². The van der Waals surface area contributed by atoms with E-state index in [-0.39, 0.29) is 5.91 Å². The molecule has 3 aromatic rings. The highest BCUT2D eigenvalue weighted by atomic mass is 16.5. The average molecular weight is 447 g/mol. The Bertz CT molecular complexity index is 1100. The van der Waals surface area contributed by atoms with Crippen molar-refractivity contribution in [3.8, 4) is 11.5 Å². The SMILES string of the molecule is COc1ccc(C(=O)N2CCN(Cc3c(Cc4ccccc4)ccnc3N)CC2)c(OC)c1. The van der Waals surface area contributed by atoms with Gasteiger partial charge in [-0.2, -0.15) is 0 Å². The van der Waals surface area contributed by atoms with Crippen molar-refractivity contribution in [1.29, 1.82) is 0 Å². The number of carbonyl (C=O) groups is 1. The minimum atomic E-state index is -0.0280. The number of amides is 1. The molecule has 0 spiro atoms. The van der Waals surface area contributed by atoms with Gasteiger partial charge in [-0.1, -0.05) is 30.3 Å². The second-order valence-corrected chi connectivity index (χ2v) is 8.13. The molecule has 0 unspecified atom stereocenters. The molecular weight excluding hydrogens is 416 g/mol. The molecule has 0 bridgehead atoms. The molecule has 0 radical (unpaired) electrons. The van der Waals surface area contributed by atoms with Crippen molar-refractivity contribution in [2.75, 3.05) is 46.1 Å². The molecule has 1 fully saturated rings. The van der Waals surface area contributed by atoms with E-state index in [1.54, 1.807) is 38.6 Å². The maximum Gasteiger partial charge on any atom is 0.257 e. The largest absolute Gasteiger partial charge is 0.497 e. The highest BCUT2D eigenvalue weighted by Crippen LogP contribution is 2.27. The second-order valence-electron chi connectivity index (χ2n) is 8.13. The Morgan fingerprint density at radius 1 is 1.00 bits per heavy atom. The second kappa shape index (κ2) is 10.4. The summed E-state index contributed by atoms with van der Waals surface area (Å²) in [6, 6.07) is 17.7. The van der Waals surface area contributed by atoms with Crippen LogP contribution in [0.15, 0.2) is 60.8 Å². The van der Waals surface area contributed by atoms with E-state index in [0.29, 0.717) is 36.0 Å². The molecule has 7 heteroatoms. The number of ether oxygens (including phenoxy) is 2. The summed E-state index contributed by atoms with van der Waals surface area (Å²) in [5.41, 5.74) is 10.3. The van der Waals surface area contributed by atoms with Gasteiger partial charge in [0.05, 0.1) is 19.8 Å². The highest BCUT2D eigenvalue weighted by molar-refractivity contribution is 5.97. The fourth-order valence-corrected chi connectivity index (χ4v) is 4.19. The molecule has 7 nitrogen and oxygen atoms in total. The quantitative estimate of drug-likeness (QED) is 0.600. The number of nitrogens with two attached hydrogens (primary N) is 1. The van der Waals surface area contributed by atoms with Crippen LogP contribution in [0.1, 0.15) is 27.0 Å². The smallest absolute Gasteiger partial charge is 0.257 e.